The van der Waals surface area contributed by atoms with Gasteiger partial charge in [0.25, 0.3) is 0 Å². The number of amides is 1. The van der Waals surface area contributed by atoms with Gasteiger partial charge in [-0.1, -0.05) is 45.6 Å². The summed E-state index contributed by atoms with van der Waals surface area (Å²) in [6.45, 7) is 0.875. The summed E-state index contributed by atoms with van der Waals surface area (Å²) in [6.07, 6.45) is 3.02. The lowest BCUT2D eigenvalue weighted by atomic mass is 10.0. The Bertz CT molecular complexity index is 438. The first-order valence-electron chi connectivity index (χ1n) is 5.76. The predicted molar refractivity (Wildman–Crippen MR) is 78.4 cm³/mol. The fourth-order valence-electron chi connectivity index (χ4n) is 1.95. The second kappa shape index (κ2) is 6.24. The number of hydrogen-bond donors (Lipinski definition) is 2. The van der Waals surface area contributed by atoms with Crippen LogP contribution in [-0.2, 0) is 4.79 Å². The van der Waals surface area contributed by atoms with Crippen molar-refractivity contribution in [1.29, 1.82) is 0 Å². The topological polar surface area (TPSA) is 41.1 Å². The van der Waals surface area contributed by atoms with Crippen LogP contribution in [0.3, 0.4) is 0 Å². The normalized spacial score (nSPS) is 19.6. The minimum Gasteiger partial charge on any atom is -0.322 e. The second-order valence-corrected chi connectivity index (χ2v) is 5.97. The Kier molecular flexibility index (Phi) is 4.90. The average Bonchev–Trinajstić information content (AvgIpc) is 2.34. The summed E-state index contributed by atoms with van der Waals surface area (Å²) in [5.41, 5.74) is 0.471. The van der Waals surface area contributed by atoms with E-state index >= 15 is 0 Å². The molecule has 2 N–H and O–H groups in total. The molecule has 1 heterocycles. The first kappa shape index (κ1) is 14.1. The summed E-state index contributed by atoms with van der Waals surface area (Å²) in [7, 11) is 0. The molecule has 0 radical (unpaired) electrons. The largest absolute Gasteiger partial charge is 0.322 e. The van der Waals surface area contributed by atoms with Gasteiger partial charge in [0.1, 0.15) is 0 Å². The molecule has 2 rings (SSSR count). The van der Waals surface area contributed by atoms with Crippen LogP contribution < -0.4 is 10.6 Å². The standard InChI is InChI=1S/C12H13BrCl2N2O/c13-7-5-8(14)11(9(15)6-7)17-12(18)10-3-1-2-4-16-10/h5-6,10,16H,1-4H2,(H,17,18)/t10-/m1/s1. The van der Waals surface area contributed by atoms with E-state index in [4.69, 9.17) is 23.2 Å². The van der Waals surface area contributed by atoms with Crippen LogP contribution in [0.15, 0.2) is 16.6 Å². The van der Waals surface area contributed by atoms with Crippen molar-refractivity contribution in [2.75, 3.05) is 11.9 Å². The van der Waals surface area contributed by atoms with Crippen molar-refractivity contribution in [3.8, 4) is 0 Å². The molecule has 3 nitrogen and oxygen atoms in total. The lowest BCUT2D eigenvalue weighted by Gasteiger charge is -2.23. The quantitative estimate of drug-likeness (QED) is 0.849. The van der Waals surface area contributed by atoms with Gasteiger partial charge in [0.2, 0.25) is 5.91 Å². The highest BCUT2D eigenvalue weighted by molar-refractivity contribution is 9.10. The summed E-state index contributed by atoms with van der Waals surface area (Å²) >= 11 is 15.4. The summed E-state index contributed by atoms with van der Waals surface area (Å²) in [5, 5.41) is 6.83. The van der Waals surface area contributed by atoms with Crippen LogP contribution in [0.25, 0.3) is 0 Å². The van der Waals surface area contributed by atoms with Crippen LogP contribution in [0.4, 0.5) is 5.69 Å². The zero-order valence-electron chi connectivity index (χ0n) is 9.60. The van der Waals surface area contributed by atoms with E-state index in [0.717, 1.165) is 30.3 Å². The van der Waals surface area contributed by atoms with Gasteiger partial charge < -0.3 is 10.6 Å². The zero-order valence-corrected chi connectivity index (χ0v) is 12.7. The Morgan fingerprint density at radius 3 is 2.56 bits per heavy atom. The first-order valence-corrected chi connectivity index (χ1v) is 7.31. The van der Waals surface area contributed by atoms with Gasteiger partial charge in [-0.05, 0) is 31.5 Å². The SMILES string of the molecule is O=C(Nc1c(Cl)cc(Br)cc1Cl)[C@H]1CCCCN1. The van der Waals surface area contributed by atoms with Crippen LogP contribution >= 0.6 is 39.1 Å². The molecule has 18 heavy (non-hydrogen) atoms. The fourth-order valence-corrected chi connectivity index (χ4v) is 3.25. The molecule has 1 aliphatic heterocycles. The lowest BCUT2D eigenvalue weighted by Crippen LogP contribution is -2.43. The molecule has 1 aromatic carbocycles. The van der Waals surface area contributed by atoms with Crippen molar-refractivity contribution in [2.24, 2.45) is 0 Å². The van der Waals surface area contributed by atoms with E-state index in [0.29, 0.717) is 15.7 Å². The number of carbonyl (C=O) groups is 1. The number of piperidine rings is 1. The van der Waals surface area contributed by atoms with E-state index < -0.39 is 0 Å². The maximum atomic E-state index is 12.1. The summed E-state index contributed by atoms with van der Waals surface area (Å²) in [4.78, 5) is 12.1. The number of anilines is 1. The van der Waals surface area contributed by atoms with E-state index in [9.17, 15) is 4.79 Å². The van der Waals surface area contributed by atoms with Crippen LogP contribution in [0.5, 0.6) is 0 Å². The molecule has 1 atom stereocenters. The molecule has 0 aliphatic carbocycles. The van der Waals surface area contributed by atoms with E-state index in [1.165, 1.54) is 0 Å². The molecule has 1 aromatic rings. The molecule has 0 spiro atoms. The highest BCUT2D eigenvalue weighted by atomic mass is 79.9. The Labute approximate surface area is 124 Å². The Hall–Kier alpha value is -0.290. The smallest absolute Gasteiger partial charge is 0.241 e. The van der Waals surface area contributed by atoms with Crippen LogP contribution in [0.1, 0.15) is 19.3 Å². The lowest BCUT2D eigenvalue weighted by molar-refractivity contribution is -0.118. The number of hydrogen-bond acceptors (Lipinski definition) is 2. The molecule has 6 heteroatoms. The summed E-state index contributed by atoms with van der Waals surface area (Å²) in [5.74, 6) is -0.0826. The number of nitrogens with one attached hydrogen (secondary N) is 2. The molecule has 1 aliphatic rings. The van der Waals surface area contributed by atoms with E-state index in [1.807, 2.05) is 0 Å². The zero-order chi connectivity index (χ0) is 13.1. The van der Waals surface area contributed by atoms with Gasteiger partial charge in [-0.2, -0.15) is 0 Å². The van der Waals surface area contributed by atoms with Gasteiger partial charge in [-0.15, -0.1) is 0 Å². The number of carbonyl (C=O) groups excluding carboxylic acids is 1. The van der Waals surface area contributed by atoms with Gasteiger partial charge in [0.15, 0.2) is 0 Å². The van der Waals surface area contributed by atoms with Gasteiger partial charge in [-0.3, -0.25) is 4.79 Å². The summed E-state index contributed by atoms with van der Waals surface area (Å²) in [6, 6.07) is 3.25. The fraction of sp³-hybridized carbons (Fsp3) is 0.417. The van der Waals surface area contributed by atoms with Gasteiger partial charge >= 0.3 is 0 Å². The maximum Gasteiger partial charge on any atom is 0.241 e. The highest BCUT2D eigenvalue weighted by Crippen LogP contribution is 2.34. The predicted octanol–water partition coefficient (Wildman–Crippen LogP) is 3.84. The Morgan fingerprint density at radius 2 is 2.00 bits per heavy atom. The van der Waals surface area contributed by atoms with Crippen LogP contribution in [-0.4, -0.2) is 18.5 Å². The van der Waals surface area contributed by atoms with Crippen LogP contribution in [0, 0.1) is 0 Å². The molecule has 0 saturated carbocycles. The third-order valence-corrected chi connectivity index (χ3v) is 3.94. The van der Waals surface area contributed by atoms with Crippen molar-refractivity contribution >= 4 is 50.7 Å². The molecule has 0 unspecified atom stereocenters. The van der Waals surface area contributed by atoms with Gasteiger partial charge in [0.05, 0.1) is 21.8 Å². The second-order valence-electron chi connectivity index (χ2n) is 4.24. The van der Waals surface area contributed by atoms with E-state index in [1.54, 1.807) is 12.1 Å². The third-order valence-electron chi connectivity index (χ3n) is 2.88. The highest BCUT2D eigenvalue weighted by Gasteiger charge is 2.22. The molecule has 98 valence electrons. The number of benzene rings is 1. The van der Waals surface area contributed by atoms with Crippen molar-refractivity contribution in [3.63, 3.8) is 0 Å². The minimum absolute atomic E-state index is 0.0826. The van der Waals surface area contributed by atoms with Crippen molar-refractivity contribution in [1.82, 2.24) is 5.32 Å². The molecular formula is C12H13BrCl2N2O. The van der Waals surface area contributed by atoms with Gasteiger partial charge in [-0.25, -0.2) is 0 Å². The Balaban J connectivity index is 2.11. The molecule has 0 bridgehead atoms. The molecule has 1 amide bonds. The van der Waals surface area contributed by atoms with Crippen LogP contribution in [0.2, 0.25) is 10.0 Å². The first-order chi connectivity index (χ1) is 8.58. The third kappa shape index (κ3) is 3.38. The number of rotatable bonds is 2. The van der Waals surface area contributed by atoms with Gasteiger partial charge in [0, 0.05) is 4.47 Å². The molecule has 1 fully saturated rings. The molecule has 0 aromatic heterocycles. The number of halogens is 3. The summed E-state index contributed by atoms with van der Waals surface area (Å²) < 4.78 is 0.784. The monoisotopic (exact) mass is 350 g/mol. The maximum absolute atomic E-state index is 12.1. The Morgan fingerprint density at radius 1 is 1.33 bits per heavy atom. The molecule has 1 saturated heterocycles. The minimum atomic E-state index is -0.158. The van der Waals surface area contributed by atoms with Crippen molar-refractivity contribution in [3.05, 3.63) is 26.7 Å². The van der Waals surface area contributed by atoms with Crippen molar-refractivity contribution < 1.29 is 4.79 Å². The molecular weight excluding hydrogens is 339 g/mol. The average molecular weight is 352 g/mol. The van der Waals surface area contributed by atoms with E-state index in [-0.39, 0.29) is 11.9 Å². The van der Waals surface area contributed by atoms with Crippen molar-refractivity contribution in [2.45, 2.75) is 25.3 Å². The van der Waals surface area contributed by atoms with E-state index in [2.05, 4.69) is 26.6 Å².